The van der Waals surface area contributed by atoms with E-state index >= 15 is 0 Å². The SMILES string of the molecule is CCc1[nH]c(=O)c(C(=O)O)c(C)c1C. The Kier molecular flexibility index (Phi) is 2.74. The van der Waals surface area contributed by atoms with E-state index in [4.69, 9.17) is 5.11 Å². The van der Waals surface area contributed by atoms with Crippen molar-refractivity contribution in [3.63, 3.8) is 0 Å². The highest BCUT2D eigenvalue weighted by Crippen LogP contribution is 2.12. The Bertz CT molecular complexity index is 432. The summed E-state index contributed by atoms with van der Waals surface area (Å²) in [7, 11) is 0. The third-order valence-electron chi connectivity index (χ3n) is 2.45. The van der Waals surface area contributed by atoms with Crippen LogP contribution in [-0.2, 0) is 6.42 Å². The van der Waals surface area contributed by atoms with Gasteiger partial charge >= 0.3 is 5.97 Å². The molecule has 4 heteroatoms. The highest BCUT2D eigenvalue weighted by molar-refractivity contribution is 5.89. The summed E-state index contributed by atoms with van der Waals surface area (Å²) in [6, 6.07) is 0. The third kappa shape index (κ3) is 1.55. The Morgan fingerprint density at radius 2 is 1.93 bits per heavy atom. The van der Waals surface area contributed by atoms with E-state index in [0.717, 1.165) is 11.3 Å². The lowest BCUT2D eigenvalue weighted by Crippen LogP contribution is -2.22. The fraction of sp³-hybridized carbons (Fsp3) is 0.400. The van der Waals surface area contributed by atoms with Crippen LogP contribution in [0.15, 0.2) is 4.79 Å². The molecule has 1 heterocycles. The van der Waals surface area contributed by atoms with E-state index in [1.807, 2.05) is 13.8 Å². The highest BCUT2D eigenvalue weighted by Gasteiger charge is 2.15. The molecule has 0 atom stereocenters. The molecule has 4 nitrogen and oxygen atoms in total. The molecule has 0 spiro atoms. The predicted molar refractivity (Wildman–Crippen MR) is 52.9 cm³/mol. The molecule has 0 bridgehead atoms. The van der Waals surface area contributed by atoms with Crippen molar-refractivity contribution < 1.29 is 9.90 Å². The maximum Gasteiger partial charge on any atom is 0.341 e. The first kappa shape index (κ1) is 10.5. The molecule has 0 aliphatic heterocycles. The van der Waals surface area contributed by atoms with Crippen LogP contribution in [0.5, 0.6) is 0 Å². The van der Waals surface area contributed by atoms with Crippen molar-refractivity contribution in [2.24, 2.45) is 0 Å². The van der Waals surface area contributed by atoms with Crippen LogP contribution < -0.4 is 5.56 Å². The number of aromatic carboxylic acids is 1. The summed E-state index contributed by atoms with van der Waals surface area (Å²) in [5.74, 6) is -1.17. The van der Waals surface area contributed by atoms with Gasteiger partial charge in [-0.1, -0.05) is 6.92 Å². The minimum atomic E-state index is -1.17. The molecule has 1 rings (SSSR count). The van der Waals surface area contributed by atoms with Gasteiger partial charge < -0.3 is 10.1 Å². The summed E-state index contributed by atoms with van der Waals surface area (Å²) >= 11 is 0. The van der Waals surface area contributed by atoms with Crippen molar-refractivity contribution in [2.45, 2.75) is 27.2 Å². The summed E-state index contributed by atoms with van der Waals surface area (Å²) in [5, 5.41) is 8.81. The number of carboxylic acids is 1. The Morgan fingerprint density at radius 1 is 1.36 bits per heavy atom. The number of carboxylic acid groups (broad SMARTS) is 1. The maximum absolute atomic E-state index is 11.4. The number of hydrogen-bond acceptors (Lipinski definition) is 2. The second kappa shape index (κ2) is 3.65. The lowest BCUT2D eigenvalue weighted by molar-refractivity contribution is 0.0694. The second-order valence-corrected chi connectivity index (χ2v) is 3.22. The summed E-state index contributed by atoms with van der Waals surface area (Å²) in [4.78, 5) is 24.7. The molecule has 0 radical (unpaired) electrons. The molecule has 1 aromatic heterocycles. The molecule has 0 unspecified atom stereocenters. The molecular weight excluding hydrogens is 182 g/mol. The normalized spacial score (nSPS) is 10.2. The van der Waals surface area contributed by atoms with Gasteiger partial charge in [0.2, 0.25) is 0 Å². The molecule has 0 aliphatic carbocycles. The van der Waals surface area contributed by atoms with Crippen molar-refractivity contribution in [3.8, 4) is 0 Å². The molecule has 0 saturated heterocycles. The number of aromatic amines is 1. The molecule has 0 fully saturated rings. The van der Waals surface area contributed by atoms with Crippen LogP contribution in [0.4, 0.5) is 0 Å². The van der Waals surface area contributed by atoms with Crippen molar-refractivity contribution in [1.82, 2.24) is 4.98 Å². The zero-order valence-corrected chi connectivity index (χ0v) is 8.47. The number of nitrogens with one attached hydrogen (secondary N) is 1. The van der Waals surface area contributed by atoms with Crippen molar-refractivity contribution in [3.05, 3.63) is 32.7 Å². The van der Waals surface area contributed by atoms with Crippen LogP contribution in [0.1, 0.15) is 34.1 Å². The Labute approximate surface area is 81.6 Å². The number of pyridine rings is 1. The standard InChI is InChI=1S/C10H13NO3/c1-4-7-5(2)6(3)8(10(13)14)9(12)11-7/h4H2,1-3H3,(H,11,12)(H,13,14). The van der Waals surface area contributed by atoms with E-state index in [2.05, 4.69) is 4.98 Å². The van der Waals surface area contributed by atoms with Gasteiger partial charge in [-0.05, 0) is 31.4 Å². The van der Waals surface area contributed by atoms with Crippen LogP contribution in [0.25, 0.3) is 0 Å². The second-order valence-electron chi connectivity index (χ2n) is 3.22. The number of rotatable bonds is 2. The minimum absolute atomic E-state index is 0.153. The van der Waals surface area contributed by atoms with Crippen molar-refractivity contribution in [2.75, 3.05) is 0 Å². The summed E-state index contributed by atoms with van der Waals surface area (Å²) in [5.41, 5.74) is 1.54. The summed E-state index contributed by atoms with van der Waals surface area (Å²) in [6.07, 6.45) is 0.696. The Hall–Kier alpha value is -1.58. The number of H-pyrrole nitrogens is 1. The van der Waals surface area contributed by atoms with E-state index in [9.17, 15) is 9.59 Å². The zero-order valence-electron chi connectivity index (χ0n) is 8.47. The molecule has 1 aromatic rings. The molecule has 0 saturated carbocycles. The number of hydrogen-bond donors (Lipinski definition) is 2. The number of aryl methyl sites for hydroxylation is 1. The fourth-order valence-electron chi connectivity index (χ4n) is 1.49. The van der Waals surface area contributed by atoms with E-state index in [-0.39, 0.29) is 5.56 Å². The van der Waals surface area contributed by atoms with E-state index in [1.54, 1.807) is 6.92 Å². The van der Waals surface area contributed by atoms with Gasteiger partial charge in [0.25, 0.3) is 5.56 Å². The highest BCUT2D eigenvalue weighted by atomic mass is 16.4. The lowest BCUT2D eigenvalue weighted by Gasteiger charge is -2.08. The topological polar surface area (TPSA) is 70.2 Å². The lowest BCUT2D eigenvalue weighted by atomic mass is 10.0. The fourth-order valence-corrected chi connectivity index (χ4v) is 1.49. The van der Waals surface area contributed by atoms with E-state index < -0.39 is 11.5 Å². The van der Waals surface area contributed by atoms with Gasteiger partial charge in [0.15, 0.2) is 0 Å². The van der Waals surface area contributed by atoms with Gasteiger partial charge in [0.1, 0.15) is 5.56 Å². The summed E-state index contributed by atoms with van der Waals surface area (Å²) in [6.45, 7) is 5.39. The average Bonchev–Trinajstić information content (AvgIpc) is 2.10. The molecule has 2 N–H and O–H groups in total. The minimum Gasteiger partial charge on any atom is -0.477 e. The third-order valence-corrected chi connectivity index (χ3v) is 2.45. The first-order chi connectivity index (χ1) is 6.49. The predicted octanol–water partition coefficient (Wildman–Crippen LogP) is 1.25. The Morgan fingerprint density at radius 3 is 2.36 bits per heavy atom. The molecular formula is C10H13NO3. The van der Waals surface area contributed by atoms with Gasteiger partial charge in [-0.25, -0.2) is 4.79 Å². The molecule has 14 heavy (non-hydrogen) atoms. The zero-order chi connectivity index (χ0) is 10.9. The van der Waals surface area contributed by atoms with E-state index in [1.165, 1.54) is 0 Å². The summed E-state index contributed by atoms with van der Waals surface area (Å²) < 4.78 is 0. The van der Waals surface area contributed by atoms with Crippen molar-refractivity contribution >= 4 is 5.97 Å². The van der Waals surface area contributed by atoms with Gasteiger partial charge in [-0.3, -0.25) is 4.79 Å². The average molecular weight is 195 g/mol. The van der Waals surface area contributed by atoms with E-state index in [0.29, 0.717) is 12.0 Å². The molecule has 0 amide bonds. The molecule has 0 aromatic carbocycles. The van der Waals surface area contributed by atoms with Crippen LogP contribution >= 0.6 is 0 Å². The van der Waals surface area contributed by atoms with Crippen molar-refractivity contribution in [1.29, 1.82) is 0 Å². The van der Waals surface area contributed by atoms with Crippen LogP contribution in [0.2, 0.25) is 0 Å². The molecule has 76 valence electrons. The first-order valence-electron chi connectivity index (χ1n) is 4.44. The van der Waals surface area contributed by atoms with Crippen LogP contribution in [0.3, 0.4) is 0 Å². The van der Waals surface area contributed by atoms with Gasteiger partial charge in [-0.15, -0.1) is 0 Å². The first-order valence-corrected chi connectivity index (χ1v) is 4.44. The number of aromatic nitrogens is 1. The Balaban J connectivity index is 3.57. The monoisotopic (exact) mass is 195 g/mol. The molecule has 0 aliphatic rings. The maximum atomic E-state index is 11.4. The number of carbonyl (C=O) groups is 1. The van der Waals surface area contributed by atoms with Gasteiger partial charge in [-0.2, -0.15) is 0 Å². The van der Waals surface area contributed by atoms with Crippen LogP contribution in [0, 0.1) is 13.8 Å². The van der Waals surface area contributed by atoms with Gasteiger partial charge in [0.05, 0.1) is 0 Å². The quantitative estimate of drug-likeness (QED) is 0.746. The largest absolute Gasteiger partial charge is 0.477 e. The smallest absolute Gasteiger partial charge is 0.341 e. The van der Waals surface area contributed by atoms with Crippen LogP contribution in [-0.4, -0.2) is 16.1 Å². The van der Waals surface area contributed by atoms with Gasteiger partial charge in [0, 0.05) is 5.69 Å².